The lowest BCUT2D eigenvalue weighted by Crippen LogP contribution is -2.07. The molecular formula is C18H13Cl2NO4. The van der Waals surface area contributed by atoms with E-state index in [0.717, 1.165) is 0 Å². The van der Waals surface area contributed by atoms with E-state index < -0.39 is 5.63 Å². The zero-order valence-electron chi connectivity index (χ0n) is 13.1. The molecule has 1 aromatic heterocycles. The molecule has 1 amide bonds. The van der Waals surface area contributed by atoms with Crippen molar-refractivity contribution in [2.75, 3.05) is 5.32 Å². The highest BCUT2D eigenvalue weighted by atomic mass is 35.5. The van der Waals surface area contributed by atoms with Gasteiger partial charge in [-0.1, -0.05) is 29.3 Å². The van der Waals surface area contributed by atoms with Gasteiger partial charge in [0.15, 0.2) is 5.75 Å². The highest BCUT2D eigenvalue weighted by molar-refractivity contribution is 6.37. The lowest BCUT2D eigenvalue weighted by Gasteiger charge is -2.11. The number of benzene rings is 2. The van der Waals surface area contributed by atoms with Crippen LogP contribution in [0, 0.1) is 0 Å². The molecule has 0 bridgehead atoms. The maximum atomic E-state index is 11.8. The van der Waals surface area contributed by atoms with Crippen molar-refractivity contribution >= 4 is 45.8 Å². The Morgan fingerprint density at radius 3 is 2.56 bits per heavy atom. The lowest BCUT2D eigenvalue weighted by molar-refractivity contribution is -0.114. The van der Waals surface area contributed by atoms with Crippen LogP contribution in [0.2, 0.25) is 10.0 Å². The Morgan fingerprint density at radius 2 is 1.88 bits per heavy atom. The second kappa shape index (κ2) is 7.17. The quantitative estimate of drug-likeness (QED) is 0.672. The standard InChI is InChI=1S/C18H13Cl2NO4/c1-10(22)21-12-5-6-13-11(7-17(23)25-16(13)8-12)9-24-18-14(19)3-2-4-15(18)20/h2-8H,9H2,1H3,(H,21,22). The summed E-state index contributed by atoms with van der Waals surface area (Å²) in [6, 6.07) is 11.5. The van der Waals surface area contributed by atoms with E-state index in [4.69, 9.17) is 32.4 Å². The fraction of sp³-hybridized carbons (Fsp3) is 0.111. The molecule has 0 aliphatic heterocycles. The fourth-order valence-corrected chi connectivity index (χ4v) is 2.91. The number of hydrogen-bond acceptors (Lipinski definition) is 4. The minimum atomic E-state index is -0.517. The van der Waals surface area contributed by atoms with Crippen LogP contribution in [0.3, 0.4) is 0 Å². The summed E-state index contributed by atoms with van der Waals surface area (Å²) in [6.07, 6.45) is 0. The van der Waals surface area contributed by atoms with Crippen molar-refractivity contribution in [3.8, 4) is 5.75 Å². The first kappa shape index (κ1) is 17.3. The zero-order valence-corrected chi connectivity index (χ0v) is 14.6. The van der Waals surface area contributed by atoms with Gasteiger partial charge < -0.3 is 14.5 Å². The Morgan fingerprint density at radius 1 is 1.16 bits per heavy atom. The Balaban J connectivity index is 1.96. The van der Waals surface area contributed by atoms with E-state index in [0.29, 0.717) is 38.0 Å². The predicted octanol–water partition coefficient (Wildman–Crippen LogP) is 4.64. The third kappa shape index (κ3) is 3.95. The summed E-state index contributed by atoms with van der Waals surface area (Å²) >= 11 is 12.2. The summed E-state index contributed by atoms with van der Waals surface area (Å²) in [5, 5.41) is 4.10. The van der Waals surface area contributed by atoms with Crippen molar-refractivity contribution in [2.45, 2.75) is 13.5 Å². The van der Waals surface area contributed by atoms with Crippen molar-refractivity contribution in [2.24, 2.45) is 0 Å². The van der Waals surface area contributed by atoms with E-state index >= 15 is 0 Å². The fourth-order valence-electron chi connectivity index (χ4n) is 2.40. The second-order valence-electron chi connectivity index (χ2n) is 5.32. The van der Waals surface area contributed by atoms with Gasteiger partial charge in [0.1, 0.15) is 12.2 Å². The van der Waals surface area contributed by atoms with Crippen LogP contribution in [0.15, 0.2) is 51.7 Å². The van der Waals surface area contributed by atoms with Crippen molar-refractivity contribution in [3.05, 3.63) is 68.5 Å². The Hall–Kier alpha value is -2.50. The number of carbonyl (C=O) groups excluding carboxylic acids is 1. The molecule has 0 unspecified atom stereocenters. The van der Waals surface area contributed by atoms with Gasteiger partial charge >= 0.3 is 5.63 Å². The first-order chi connectivity index (χ1) is 11.9. The van der Waals surface area contributed by atoms with Crippen molar-refractivity contribution in [1.29, 1.82) is 0 Å². The molecule has 0 atom stereocenters. The van der Waals surface area contributed by atoms with Gasteiger partial charge in [0.05, 0.1) is 10.0 Å². The molecule has 0 aliphatic rings. The molecule has 25 heavy (non-hydrogen) atoms. The third-order valence-corrected chi connectivity index (χ3v) is 4.04. The van der Waals surface area contributed by atoms with E-state index in [9.17, 15) is 9.59 Å². The lowest BCUT2D eigenvalue weighted by atomic mass is 10.1. The number of hydrogen-bond donors (Lipinski definition) is 1. The number of carbonyl (C=O) groups is 1. The molecular weight excluding hydrogens is 365 g/mol. The van der Waals surface area contributed by atoms with Crippen LogP contribution in [0.25, 0.3) is 11.0 Å². The normalized spacial score (nSPS) is 10.7. The molecule has 0 saturated heterocycles. The van der Waals surface area contributed by atoms with Crippen LogP contribution in [0.5, 0.6) is 5.75 Å². The number of ether oxygens (including phenoxy) is 1. The summed E-state index contributed by atoms with van der Waals surface area (Å²) < 4.78 is 10.9. The second-order valence-corrected chi connectivity index (χ2v) is 6.14. The van der Waals surface area contributed by atoms with Gasteiger partial charge in [0, 0.05) is 35.7 Å². The maximum absolute atomic E-state index is 11.8. The molecule has 1 N–H and O–H groups in total. The number of halogens is 2. The molecule has 5 nitrogen and oxygen atoms in total. The average molecular weight is 378 g/mol. The van der Waals surface area contributed by atoms with Gasteiger partial charge in [-0.2, -0.15) is 0 Å². The van der Waals surface area contributed by atoms with Gasteiger partial charge in [0.25, 0.3) is 0 Å². The number of amides is 1. The monoisotopic (exact) mass is 377 g/mol. The Labute approximate surface area is 153 Å². The molecule has 1 heterocycles. The highest BCUT2D eigenvalue weighted by Crippen LogP contribution is 2.33. The minimum absolute atomic E-state index is 0.0883. The van der Waals surface area contributed by atoms with E-state index in [1.165, 1.54) is 13.0 Å². The minimum Gasteiger partial charge on any atom is -0.486 e. The SMILES string of the molecule is CC(=O)Nc1ccc2c(COc3c(Cl)cccc3Cl)cc(=O)oc2c1. The van der Waals surface area contributed by atoms with Crippen LogP contribution in [0.1, 0.15) is 12.5 Å². The van der Waals surface area contributed by atoms with E-state index in [-0.39, 0.29) is 12.5 Å². The first-order valence-electron chi connectivity index (χ1n) is 7.35. The molecule has 2 aromatic carbocycles. The van der Waals surface area contributed by atoms with Crippen molar-refractivity contribution in [3.63, 3.8) is 0 Å². The van der Waals surface area contributed by atoms with Crippen molar-refractivity contribution in [1.82, 2.24) is 0 Å². The number of anilines is 1. The van der Waals surface area contributed by atoms with Crippen LogP contribution in [0.4, 0.5) is 5.69 Å². The van der Waals surface area contributed by atoms with Gasteiger partial charge in [-0.15, -0.1) is 0 Å². The van der Waals surface area contributed by atoms with E-state index in [1.54, 1.807) is 36.4 Å². The summed E-state index contributed by atoms with van der Waals surface area (Å²) in [6.45, 7) is 1.49. The Bertz CT molecular complexity index is 993. The maximum Gasteiger partial charge on any atom is 0.336 e. The number of fused-ring (bicyclic) bond motifs is 1. The predicted molar refractivity (Wildman–Crippen MR) is 97.6 cm³/mol. The molecule has 7 heteroatoms. The smallest absolute Gasteiger partial charge is 0.336 e. The number of rotatable bonds is 4. The Kier molecular flexibility index (Phi) is 4.97. The van der Waals surface area contributed by atoms with Crippen LogP contribution in [-0.2, 0) is 11.4 Å². The molecule has 128 valence electrons. The highest BCUT2D eigenvalue weighted by Gasteiger charge is 2.11. The number of nitrogens with one attached hydrogen (secondary N) is 1. The molecule has 0 fully saturated rings. The van der Waals surface area contributed by atoms with Crippen molar-refractivity contribution < 1.29 is 13.9 Å². The molecule has 0 spiro atoms. The molecule has 0 aliphatic carbocycles. The van der Waals surface area contributed by atoms with Crippen LogP contribution in [-0.4, -0.2) is 5.91 Å². The van der Waals surface area contributed by atoms with Gasteiger partial charge in [-0.3, -0.25) is 4.79 Å². The zero-order chi connectivity index (χ0) is 18.0. The molecule has 3 aromatic rings. The van der Waals surface area contributed by atoms with E-state index in [2.05, 4.69) is 5.32 Å². The van der Waals surface area contributed by atoms with Gasteiger partial charge in [0.2, 0.25) is 5.91 Å². The first-order valence-corrected chi connectivity index (χ1v) is 8.11. The third-order valence-electron chi connectivity index (χ3n) is 3.44. The van der Waals surface area contributed by atoms with Crippen LogP contribution < -0.4 is 15.7 Å². The topological polar surface area (TPSA) is 68.5 Å². The van der Waals surface area contributed by atoms with Crippen LogP contribution >= 0.6 is 23.2 Å². The van der Waals surface area contributed by atoms with Gasteiger partial charge in [-0.05, 0) is 24.3 Å². The largest absolute Gasteiger partial charge is 0.486 e. The van der Waals surface area contributed by atoms with E-state index in [1.807, 2.05) is 0 Å². The average Bonchev–Trinajstić information content (AvgIpc) is 2.53. The molecule has 0 radical (unpaired) electrons. The van der Waals surface area contributed by atoms with Gasteiger partial charge in [-0.25, -0.2) is 4.79 Å². The summed E-state index contributed by atoms with van der Waals surface area (Å²) in [7, 11) is 0. The molecule has 0 saturated carbocycles. The summed E-state index contributed by atoms with van der Waals surface area (Å²) in [5.41, 5.74) is 0.992. The number of para-hydroxylation sites is 1. The summed E-state index contributed by atoms with van der Waals surface area (Å²) in [5.74, 6) is 0.136. The molecule has 3 rings (SSSR count). The summed E-state index contributed by atoms with van der Waals surface area (Å²) in [4.78, 5) is 23.0.